The molecule has 2 rings (SSSR count). The van der Waals surface area contributed by atoms with Crippen LogP contribution in [0.4, 0.5) is 0 Å². The van der Waals surface area contributed by atoms with Gasteiger partial charge in [-0.2, -0.15) is 5.10 Å². The van der Waals surface area contributed by atoms with Crippen LogP contribution in [0.5, 0.6) is 0 Å². The lowest BCUT2D eigenvalue weighted by Crippen LogP contribution is -1.95. The lowest BCUT2D eigenvalue weighted by molar-refractivity contribution is 0.624. The maximum absolute atomic E-state index is 4.51. The predicted molar refractivity (Wildman–Crippen MR) is 66.9 cm³/mol. The Morgan fingerprint density at radius 1 is 1.07 bits per heavy atom. The van der Waals surface area contributed by atoms with Crippen LogP contribution in [-0.4, -0.2) is 7.99 Å². The fourth-order valence-corrected chi connectivity index (χ4v) is 3.12. The Hall–Kier alpha value is -0.0600. The number of hydrogen-bond acceptors (Lipinski definition) is 1. The standard InChI is InChI=1S/C11H17IN2/c1-9-10-7-5-3-2-4-6-8-11(10)14(12)13-9/h2-8H2,1H3. The van der Waals surface area contributed by atoms with Gasteiger partial charge in [0.1, 0.15) is 0 Å². The van der Waals surface area contributed by atoms with Gasteiger partial charge >= 0.3 is 0 Å². The molecule has 2 nitrogen and oxygen atoms in total. The van der Waals surface area contributed by atoms with E-state index >= 15 is 0 Å². The van der Waals surface area contributed by atoms with Crippen molar-refractivity contribution in [3.63, 3.8) is 0 Å². The van der Waals surface area contributed by atoms with Crippen molar-refractivity contribution in [2.75, 3.05) is 0 Å². The zero-order chi connectivity index (χ0) is 9.97. The second-order valence-electron chi connectivity index (χ2n) is 4.14. The first-order valence-electron chi connectivity index (χ1n) is 5.52. The maximum atomic E-state index is 4.51. The lowest BCUT2D eigenvalue weighted by atomic mass is 10.1. The van der Waals surface area contributed by atoms with Crippen LogP contribution in [0.25, 0.3) is 0 Å². The van der Waals surface area contributed by atoms with Gasteiger partial charge in [-0.05, 0) is 38.2 Å². The molecule has 0 aromatic carbocycles. The topological polar surface area (TPSA) is 17.8 Å². The third kappa shape index (κ3) is 2.12. The van der Waals surface area contributed by atoms with Gasteiger partial charge in [-0.25, -0.2) is 2.90 Å². The summed E-state index contributed by atoms with van der Waals surface area (Å²) in [5.74, 6) is 0. The number of hydrogen-bond donors (Lipinski definition) is 0. The van der Waals surface area contributed by atoms with Crippen LogP contribution in [0.1, 0.15) is 49.1 Å². The second-order valence-corrected chi connectivity index (χ2v) is 5.05. The number of nitrogens with zero attached hydrogens (tertiary/aromatic N) is 2. The van der Waals surface area contributed by atoms with Crippen molar-refractivity contribution in [2.24, 2.45) is 0 Å². The van der Waals surface area contributed by atoms with Gasteiger partial charge in [-0.3, -0.25) is 0 Å². The van der Waals surface area contributed by atoms with Gasteiger partial charge in [-0.1, -0.05) is 19.3 Å². The summed E-state index contributed by atoms with van der Waals surface area (Å²) in [5.41, 5.74) is 4.25. The van der Waals surface area contributed by atoms with Crippen LogP contribution in [0.15, 0.2) is 0 Å². The fraction of sp³-hybridized carbons (Fsp3) is 0.727. The number of halogens is 1. The summed E-state index contributed by atoms with van der Waals surface area (Å²) in [4.78, 5) is 0. The largest absolute Gasteiger partial charge is 0.208 e. The summed E-state index contributed by atoms with van der Waals surface area (Å²) in [5, 5.41) is 4.51. The van der Waals surface area contributed by atoms with E-state index in [4.69, 9.17) is 0 Å². The minimum Gasteiger partial charge on any atom is -0.208 e. The summed E-state index contributed by atoms with van der Waals surface area (Å²) in [6.45, 7) is 2.14. The zero-order valence-corrected chi connectivity index (χ0v) is 10.9. The molecular formula is C11H17IN2. The summed E-state index contributed by atoms with van der Waals surface area (Å²) < 4.78 is 2.06. The van der Waals surface area contributed by atoms with E-state index in [9.17, 15) is 0 Å². The highest BCUT2D eigenvalue weighted by Crippen LogP contribution is 2.23. The van der Waals surface area contributed by atoms with Crippen molar-refractivity contribution in [1.29, 1.82) is 0 Å². The van der Waals surface area contributed by atoms with E-state index in [1.807, 2.05) is 0 Å². The SMILES string of the molecule is Cc1nn(I)c2c1CCCCCCC2. The minimum atomic E-state index is 1.22. The number of rotatable bonds is 0. The van der Waals surface area contributed by atoms with Crippen molar-refractivity contribution >= 4 is 22.9 Å². The van der Waals surface area contributed by atoms with Crippen LogP contribution >= 0.6 is 22.9 Å². The maximum Gasteiger partial charge on any atom is 0.0847 e. The van der Waals surface area contributed by atoms with Crippen molar-refractivity contribution in [3.05, 3.63) is 17.0 Å². The molecule has 3 heteroatoms. The molecule has 0 saturated carbocycles. The predicted octanol–water partition coefficient (Wildman–Crippen LogP) is 3.44. The van der Waals surface area contributed by atoms with E-state index in [1.54, 1.807) is 0 Å². The number of fused-ring (bicyclic) bond motifs is 1. The first kappa shape index (κ1) is 10.5. The molecule has 0 atom stereocenters. The van der Waals surface area contributed by atoms with Gasteiger partial charge in [0.2, 0.25) is 0 Å². The fourth-order valence-electron chi connectivity index (χ4n) is 2.27. The quantitative estimate of drug-likeness (QED) is 0.671. The Labute approximate surface area is 99.6 Å². The Morgan fingerprint density at radius 3 is 2.50 bits per heavy atom. The van der Waals surface area contributed by atoms with Gasteiger partial charge in [0.25, 0.3) is 0 Å². The lowest BCUT2D eigenvalue weighted by Gasteiger charge is -2.02. The van der Waals surface area contributed by atoms with E-state index in [0.717, 1.165) is 0 Å². The summed E-state index contributed by atoms with van der Waals surface area (Å²) in [7, 11) is 0. The Bertz CT molecular complexity index is 289. The molecule has 1 aromatic heterocycles. The van der Waals surface area contributed by atoms with Gasteiger partial charge in [0, 0.05) is 0 Å². The van der Waals surface area contributed by atoms with Crippen molar-refractivity contribution < 1.29 is 0 Å². The third-order valence-corrected chi connectivity index (χ3v) is 3.88. The summed E-state index contributed by atoms with van der Waals surface area (Å²) in [6, 6.07) is 0. The van der Waals surface area contributed by atoms with E-state index < -0.39 is 0 Å². The van der Waals surface area contributed by atoms with E-state index in [0.29, 0.717) is 0 Å². The first-order chi connectivity index (χ1) is 6.79. The Kier molecular flexibility index (Phi) is 3.47. The average Bonchev–Trinajstić information content (AvgIpc) is 2.48. The van der Waals surface area contributed by atoms with Crippen LogP contribution in [-0.2, 0) is 12.8 Å². The van der Waals surface area contributed by atoms with E-state index in [2.05, 4.69) is 37.8 Å². The summed E-state index contributed by atoms with van der Waals surface area (Å²) in [6.07, 6.45) is 9.34. The molecule has 0 bridgehead atoms. The molecule has 0 fully saturated rings. The van der Waals surface area contributed by atoms with Gasteiger partial charge in [0.05, 0.1) is 34.3 Å². The molecule has 78 valence electrons. The minimum absolute atomic E-state index is 1.22. The number of aryl methyl sites for hydroxylation is 1. The zero-order valence-electron chi connectivity index (χ0n) is 8.72. The molecule has 14 heavy (non-hydrogen) atoms. The van der Waals surface area contributed by atoms with Crippen LogP contribution in [0.2, 0.25) is 0 Å². The molecule has 1 aliphatic rings. The molecule has 0 amide bonds. The van der Waals surface area contributed by atoms with E-state index in [-0.39, 0.29) is 0 Å². The third-order valence-electron chi connectivity index (χ3n) is 3.09. The molecule has 0 unspecified atom stereocenters. The molecule has 0 aliphatic heterocycles. The monoisotopic (exact) mass is 304 g/mol. The normalized spacial score (nSPS) is 18.1. The van der Waals surface area contributed by atoms with Gasteiger partial charge < -0.3 is 0 Å². The molecular weight excluding hydrogens is 287 g/mol. The van der Waals surface area contributed by atoms with Crippen molar-refractivity contribution in [3.8, 4) is 0 Å². The molecule has 0 N–H and O–H groups in total. The number of aromatic nitrogens is 2. The molecule has 0 spiro atoms. The Balaban J connectivity index is 2.28. The smallest absolute Gasteiger partial charge is 0.0847 e. The molecule has 0 saturated heterocycles. The van der Waals surface area contributed by atoms with Crippen LogP contribution < -0.4 is 0 Å². The van der Waals surface area contributed by atoms with E-state index in [1.165, 1.54) is 61.9 Å². The molecule has 0 radical (unpaired) electrons. The highest BCUT2D eigenvalue weighted by molar-refractivity contribution is 14.1. The average molecular weight is 304 g/mol. The summed E-state index contributed by atoms with van der Waals surface area (Å²) >= 11 is 2.31. The second kappa shape index (κ2) is 4.64. The molecule has 1 aromatic rings. The molecule has 1 aliphatic carbocycles. The first-order valence-corrected chi connectivity index (χ1v) is 6.49. The molecule has 1 heterocycles. The van der Waals surface area contributed by atoms with Crippen molar-refractivity contribution in [1.82, 2.24) is 7.99 Å². The highest BCUT2D eigenvalue weighted by atomic mass is 127. The highest BCUT2D eigenvalue weighted by Gasteiger charge is 2.14. The van der Waals surface area contributed by atoms with Crippen LogP contribution in [0.3, 0.4) is 0 Å². The Morgan fingerprint density at radius 2 is 1.71 bits per heavy atom. The van der Waals surface area contributed by atoms with Crippen molar-refractivity contribution in [2.45, 2.75) is 51.9 Å². The van der Waals surface area contributed by atoms with Crippen LogP contribution in [0, 0.1) is 6.92 Å². The van der Waals surface area contributed by atoms with Gasteiger partial charge in [-0.15, -0.1) is 0 Å². The van der Waals surface area contributed by atoms with Gasteiger partial charge in [0.15, 0.2) is 0 Å².